The maximum Gasteiger partial charge on any atom is 0.240 e. The van der Waals surface area contributed by atoms with Crippen LogP contribution in [0.25, 0.3) is 0 Å². The highest BCUT2D eigenvalue weighted by atomic mass is 35.5. The van der Waals surface area contributed by atoms with Crippen molar-refractivity contribution < 1.29 is 12.8 Å². The average Bonchev–Trinajstić information content (AvgIpc) is 3.24. The molecule has 2 heterocycles. The summed E-state index contributed by atoms with van der Waals surface area (Å²) in [6.07, 6.45) is 3.82. The third-order valence-electron chi connectivity index (χ3n) is 4.12. The minimum absolute atomic E-state index is 0.0940. The van der Waals surface area contributed by atoms with E-state index in [-0.39, 0.29) is 22.5 Å². The van der Waals surface area contributed by atoms with E-state index in [9.17, 15) is 8.42 Å². The number of hydrogen-bond acceptors (Lipinski definition) is 4. The van der Waals surface area contributed by atoms with Gasteiger partial charge in [-0.2, -0.15) is 0 Å². The normalized spacial score (nSPS) is 17.2. The molecule has 1 unspecified atom stereocenters. The van der Waals surface area contributed by atoms with E-state index >= 15 is 0 Å². The van der Waals surface area contributed by atoms with Crippen LogP contribution in [0.2, 0.25) is 10.0 Å². The lowest BCUT2D eigenvalue weighted by atomic mass is 10.2. The van der Waals surface area contributed by atoms with Gasteiger partial charge in [0, 0.05) is 6.54 Å². The number of rotatable bonds is 6. The van der Waals surface area contributed by atoms with Gasteiger partial charge < -0.3 is 4.42 Å². The van der Waals surface area contributed by atoms with Crippen LogP contribution in [0.3, 0.4) is 0 Å². The summed E-state index contributed by atoms with van der Waals surface area (Å²) >= 11 is 11.8. The lowest BCUT2D eigenvalue weighted by Crippen LogP contribution is -2.36. The summed E-state index contributed by atoms with van der Waals surface area (Å²) in [4.78, 5) is 2.33. The number of hydrogen-bond donors (Lipinski definition) is 1. The van der Waals surface area contributed by atoms with Gasteiger partial charge >= 0.3 is 0 Å². The highest BCUT2D eigenvalue weighted by Crippen LogP contribution is 2.27. The first kappa shape index (κ1) is 17.8. The highest BCUT2D eigenvalue weighted by molar-refractivity contribution is 7.89. The molecule has 1 aromatic heterocycles. The zero-order valence-electron chi connectivity index (χ0n) is 12.9. The summed E-state index contributed by atoms with van der Waals surface area (Å²) in [5, 5.41) is 0.530. The Hall–Kier alpha value is -1.05. The fourth-order valence-electron chi connectivity index (χ4n) is 2.86. The minimum atomic E-state index is -3.68. The van der Waals surface area contributed by atoms with Crippen LogP contribution in [0.4, 0.5) is 0 Å². The van der Waals surface area contributed by atoms with Crippen molar-refractivity contribution in [1.29, 1.82) is 0 Å². The summed E-state index contributed by atoms with van der Waals surface area (Å²) < 4.78 is 33.2. The van der Waals surface area contributed by atoms with Crippen molar-refractivity contribution in [3.05, 3.63) is 52.4 Å². The molecule has 0 spiro atoms. The Kier molecular flexibility index (Phi) is 5.52. The number of benzene rings is 1. The number of nitrogens with one attached hydrogen (secondary N) is 1. The summed E-state index contributed by atoms with van der Waals surface area (Å²) in [5.41, 5.74) is 0. The van der Waals surface area contributed by atoms with E-state index in [4.69, 9.17) is 27.6 Å². The lowest BCUT2D eigenvalue weighted by Gasteiger charge is -2.26. The predicted molar refractivity (Wildman–Crippen MR) is 93.9 cm³/mol. The largest absolute Gasteiger partial charge is 0.468 e. The van der Waals surface area contributed by atoms with Crippen LogP contribution in [-0.4, -0.2) is 33.0 Å². The van der Waals surface area contributed by atoms with Gasteiger partial charge in [-0.3, -0.25) is 4.90 Å². The number of likely N-dealkylation sites (tertiary alicyclic amines) is 1. The van der Waals surface area contributed by atoms with Crippen molar-refractivity contribution in [1.82, 2.24) is 9.62 Å². The Labute approximate surface area is 151 Å². The minimum Gasteiger partial charge on any atom is -0.468 e. The quantitative estimate of drug-likeness (QED) is 0.819. The lowest BCUT2D eigenvalue weighted by molar-refractivity contribution is 0.216. The van der Waals surface area contributed by atoms with E-state index in [1.165, 1.54) is 18.2 Å². The monoisotopic (exact) mass is 388 g/mol. The summed E-state index contributed by atoms with van der Waals surface area (Å²) in [6, 6.07) is 7.82. The van der Waals surface area contributed by atoms with Crippen molar-refractivity contribution in [3.8, 4) is 0 Å². The van der Waals surface area contributed by atoms with Crippen LogP contribution in [0.5, 0.6) is 0 Å². The molecule has 1 saturated heterocycles. The predicted octanol–water partition coefficient (Wildman–Crippen LogP) is 3.70. The summed E-state index contributed by atoms with van der Waals surface area (Å²) in [5.74, 6) is 0.758. The second-order valence-electron chi connectivity index (χ2n) is 5.70. The van der Waals surface area contributed by atoms with Gasteiger partial charge in [0.05, 0.1) is 27.2 Å². The first-order chi connectivity index (χ1) is 11.5. The van der Waals surface area contributed by atoms with Crippen LogP contribution < -0.4 is 4.72 Å². The van der Waals surface area contributed by atoms with Gasteiger partial charge in [-0.1, -0.05) is 23.2 Å². The molecule has 1 fully saturated rings. The summed E-state index contributed by atoms with van der Waals surface area (Å²) in [7, 11) is -3.68. The molecule has 3 rings (SSSR count). The number of halogens is 2. The topological polar surface area (TPSA) is 62.6 Å². The van der Waals surface area contributed by atoms with Crippen LogP contribution in [-0.2, 0) is 10.0 Å². The van der Waals surface area contributed by atoms with Crippen molar-refractivity contribution in [2.75, 3.05) is 19.6 Å². The fourth-order valence-corrected chi connectivity index (χ4v) is 4.29. The van der Waals surface area contributed by atoms with Gasteiger partial charge in [0.15, 0.2) is 0 Å². The molecule has 1 N–H and O–H groups in total. The van der Waals surface area contributed by atoms with Gasteiger partial charge in [0.1, 0.15) is 5.76 Å². The summed E-state index contributed by atoms with van der Waals surface area (Å²) in [6.45, 7) is 2.09. The molecule has 24 heavy (non-hydrogen) atoms. The zero-order valence-corrected chi connectivity index (χ0v) is 15.2. The Balaban J connectivity index is 1.76. The molecular weight excluding hydrogens is 371 g/mol. The second kappa shape index (κ2) is 7.45. The zero-order chi connectivity index (χ0) is 17.2. The van der Waals surface area contributed by atoms with Crippen LogP contribution >= 0.6 is 23.2 Å². The van der Waals surface area contributed by atoms with Gasteiger partial charge in [-0.05, 0) is 56.3 Å². The van der Waals surface area contributed by atoms with Crippen LogP contribution in [0.15, 0.2) is 45.9 Å². The van der Waals surface area contributed by atoms with Crippen molar-refractivity contribution in [2.45, 2.75) is 23.8 Å². The van der Waals surface area contributed by atoms with E-state index < -0.39 is 10.0 Å². The molecule has 0 bridgehead atoms. The van der Waals surface area contributed by atoms with E-state index in [0.717, 1.165) is 31.7 Å². The van der Waals surface area contributed by atoms with Crippen molar-refractivity contribution in [2.24, 2.45) is 0 Å². The molecule has 0 saturated carbocycles. The average molecular weight is 389 g/mol. The first-order valence-electron chi connectivity index (χ1n) is 7.69. The maximum absolute atomic E-state index is 12.5. The van der Waals surface area contributed by atoms with Crippen LogP contribution in [0.1, 0.15) is 24.6 Å². The Morgan fingerprint density at radius 2 is 1.92 bits per heavy atom. The smallest absolute Gasteiger partial charge is 0.240 e. The van der Waals surface area contributed by atoms with E-state index in [1.54, 1.807) is 6.26 Å². The van der Waals surface area contributed by atoms with Crippen molar-refractivity contribution in [3.63, 3.8) is 0 Å². The van der Waals surface area contributed by atoms with Gasteiger partial charge in [-0.15, -0.1) is 0 Å². The standard InChI is InChI=1S/C16H18Cl2N2O3S/c17-13-6-5-12(10-14(13)18)24(21,22)19-11-15(16-4-3-9-23-16)20-7-1-2-8-20/h3-6,9-10,15,19H,1-2,7-8,11H2. The fraction of sp³-hybridized carbons (Fsp3) is 0.375. The molecule has 0 amide bonds. The number of sulfonamides is 1. The molecule has 130 valence electrons. The van der Waals surface area contributed by atoms with E-state index in [1.807, 2.05) is 12.1 Å². The van der Waals surface area contributed by atoms with E-state index in [2.05, 4.69) is 9.62 Å². The molecule has 8 heteroatoms. The van der Waals surface area contributed by atoms with Crippen molar-refractivity contribution >= 4 is 33.2 Å². The Morgan fingerprint density at radius 1 is 1.17 bits per heavy atom. The molecule has 2 aromatic rings. The number of furan rings is 1. The highest BCUT2D eigenvalue weighted by Gasteiger charge is 2.27. The number of nitrogens with zero attached hydrogens (tertiary/aromatic N) is 1. The molecule has 1 aliphatic rings. The molecule has 0 aliphatic carbocycles. The van der Waals surface area contributed by atoms with Gasteiger partial charge in [-0.25, -0.2) is 13.1 Å². The Bertz CT molecular complexity index is 788. The van der Waals surface area contributed by atoms with Gasteiger partial charge in [0.2, 0.25) is 10.0 Å². The molecule has 1 atom stereocenters. The van der Waals surface area contributed by atoms with Crippen LogP contribution in [0, 0.1) is 0 Å². The Morgan fingerprint density at radius 3 is 2.54 bits per heavy atom. The van der Waals surface area contributed by atoms with Gasteiger partial charge in [0.25, 0.3) is 0 Å². The molecular formula is C16H18Cl2N2O3S. The molecule has 1 aliphatic heterocycles. The molecule has 5 nitrogen and oxygen atoms in total. The van der Waals surface area contributed by atoms with E-state index in [0.29, 0.717) is 5.02 Å². The SMILES string of the molecule is O=S(=O)(NCC(c1ccco1)N1CCCC1)c1ccc(Cl)c(Cl)c1. The third-order valence-corrected chi connectivity index (χ3v) is 6.28. The second-order valence-corrected chi connectivity index (χ2v) is 8.28. The molecule has 1 aromatic carbocycles. The first-order valence-corrected chi connectivity index (χ1v) is 9.93. The molecule has 0 radical (unpaired) electrons. The third kappa shape index (κ3) is 3.95. The maximum atomic E-state index is 12.5.